The molecule has 0 unspecified atom stereocenters. The zero-order valence-electron chi connectivity index (χ0n) is 57.9. The van der Waals surface area contributed by atoms with Crippen LogP contribution in [-0.4, -0.2) is 18.3 Å². The van der Waals surface area contributed by atoms with Gasteiger partial charge in [-0.15, -0.1) is 0 Å². The van der Waals surface area contributed by atoms with Crippen LogP contribution in [0.5, 0.6) is 0 Å². The Hall–Kier alpha value is -14.6. The molecule has 17 aromatic carbocycles. The zero-order valence-corrected chi connectivity index (χ0v) is 57.9. The molecule has 8 heterocycles. The summed E-state index contributed by atoms with van der Waals surface area (Å²) in [7, 11) is 0. The first kappa shape index (κ1) is 58.9. The van der Waals surface area contributed by atoms with Gasteiger partial charge >= 0.3 is 0 Å². The molecule has 8 heteroatoms. The molecule has 0 aliphatic carbocycles. The summed E-state index contributed by atoms with van der Waals surface area (Å²) in [5.74, 6) is 0. The van der Waals surface area contributed by atoms with Crippen LogP contribution in [0.25, 0.3) is 231 Å². The van der Waals surface area contributed by atoms with Gasteiger partial charge in [0.05, 0.1) is 44.1 Å². The van der Waals surface area contributed by atoms with Gasteiger partial charge in [0.2, 0.25) is 0 Å². The lowest BCUT2D eigenvalue weighted by atomic mass is 9.98. The Balaban J connectivity index is 0.000000127. The third kappa shape index (κ3) is 8.62. The fourth-order valence-electron chi connectivity index (χ4n) is 18.0. The first-order chi connectivity index (χ1) is 53.5. The SMILES string of the molecule is c1ccc(-n2c3ccccc3c3cc(-c4cccc5c4c4ccccc4n5-c4ccc5oc6cc7c(cc6c5c4)oc4ccccc47)ccc32)cc1.c1ccc(-n2c3ccccc3c3cc4cc(-c5ccc6c(c5)c5ccccc5n6-c5ccc6oc7cc8c(cc7c6c5)oc5ccccc58)ccc4cc32)cc1. The minimum atomic E-state index is 0.861. The molecule has 0 bridgehead atoms. The second-order valence-electron chi connectivity index (χ2n) is 28.6. The van der Waals surface area contributed by atoms with Crippen molar-refractivity contribution in [2.24, 2.45) is 0 Å². The van der Waals surface area contributed by atoms with E-state index in [9.17, 15) is 0 Å². The van der Waals surface area contributed by atoms with E-state index in [-0.39, 0.29) is 0 Å². The van der Waals surface area contributed by atoms with Crippen molar-refractivity contribution >= 4 is 186 Å². The first-order valence-electron chi connectivity index (χ1n) is 36.8. The van der Waals surface area contributed by atoms with Crippen LogP contribution in [0.3, 0.4) is 0 Å². The van der Waals surface area contributed by atoms with Crippen molar-refractivity contribution < 1.29 is 17.7 Å². The summed E-state index contributed by atoms with van der Waals surface area (Å²) in [5, 5.41) is 21.0. The van der Waals surface area contributed by atoms with Gasteiger partial charge in [0.15, 0.2) is 0 Å². The minimum absolute atomic E-state index is 0.861. The van der Waals surface area contributed by atoms with Gasteiger partial charge < -0.3 is 35.9 Å². The molecule has 0 saturated heterocycles. The molecule has 0 spiro atoms. The van der Waals surface area contributed by atoms with Crippen LogP contribution in [0.2, 0.25) is 0 Å². The fraction of sp³-hybridized carbons (Fsp3) is 0. The molecule has 0 N–H and O–H groups in total. The van der Waals surface area contributed by atoms with Crippen molar-refractivity contribution in [1.29, 1.82) is 0 Å². The third-order valence-corrected chi connectivity index (χ3v) is 22.8. The van der Waals surface area contributed by atoms with E-state index >= 15 is 0 Å². The molecule has 25 aromatic rings. The van der Waals surface area contributed by atoms with E-state index in [1.807, 2.05) is 36.4 Å². The molecule has 25 rings (SSSR count). The summed E-state index contributed by atoms with van der Waals surface area (Å²) in [5.41, 5.74) is 25.8. The molecule has 8 nitrogen and oxygen atoms in total. The van der Waals surface area contributed by atoms with Gasteiger partial charge in [-0.05, 0) is 203 Å². The summed E-state index contributed by atoms with van der Waals surface area (Å²) < 4.78 is 35.0. The second-order valence-corrected chi connectivity index (χ2v) is 28.6. The van der Waals surface area contributed by atoms with Crippen LogP contribution in [0.1, 0.15) is 0 Å². The number of para-hydroxylation sites is 8. The van der Waals surface area contributed by atoms with Crippen LogP contribution in [0.4, 0.5) is 0 Å². The molecule has 108 heavy (non-hydrogen) atoms. The van der Waals surface area contributed by atoms with Crippen molar-refractivity contribution in [1.82, 2.24) is 18.3 Å². The summed E-state index contributed by atoms with van der Waals surface area (Å²) in [6, 6.07) is 126. The van der Waals surface area contributed by atoms with Crippen LogP contribution < -0.4 is 0 Å². The van der Waals surface area contributed by atoms with Crippen molar-refractivity contribution in [3.63, 3.8) is 0 Å². The Morgan fingerprint density at radius 3 is 1.06 bits per heavy atom. The lowest BCUT2D eigenvalue weighted by Gasteiger charge is -2.10. The lowest BCUT2D eigenvalue weighted by molar-refractivity contribution is 0.664. The van der Waals surface area contributed by atoms with Gasteiger partial charge in [-0.2, -0.15) is 0 Å². The minimum Gasteiger partial charge on any atom is -0.456 e. The summed E-state index contributed by atoms with van der Waals surface area (Å²) in [4.78, 5) is 0. The molecule has 0 amide bonds. The maximum Gasteiger partial charge on any atom is 0.136 e. The molecule has 0 radical (unpaired) electrons. The summed E-state index contributed by atoms with van der Waals surface area (Å²) >= 11 is 0. The Labute approximate surface area is 614 Å². The first-order valence-corrected chi connectivity index (χ1v) is 36.8. The van der Waals surface area contributed by atoms with Gasteiger partial charge in [-0.1, -0.05) is 182 Å². The predicted octanol–water partition coefficient (Wildman–Crippen LogP) is 27.8. The molecule has 0 fully saturated rings. The van der Waals surface area contributed by atoms with Gasteiger partial charge in [0.1, 0.15) is 44.7 Å². The predicted molar refractivity (Wildman–Crippen MR) is 448 cm³/mol. The second kappa shape index (κ2) is 22.5. The molecule has 8 aromatic heterocycles. The molecule has 0 aliphatic heterocycles. The Morgan fingerprint density at radius 2 is 0.519 bits per heavy atom. The largest absolute Gasteiger partial charge is 0.456 e. The number of furan rings is 4. The smallest absolute Gasteiger partial charge is 0.136 e. The number of rotatable bonds is 6. The van der Waals surface area contributed by atoms with Crippen molar-refractivity contribution in [3.8, 4) is 45.0 Å². The van der Waals surface area contributed by atoms with Crippen LogP contribution >= 0.6 is 0 Å². The van der Waals surface area contributed by atoms with E-state index in [4.69, 9.17) is 17.7 Å². The van der Waals surface area contributed by atoms with Gasteiger partial charge in [0.25, 0.3) is 0 Å². The van der Waals surface area contributed by atoms with Gasteiger partial charge in [-0.25, -0.2) is 0 Å². The number of fused-ring (bicyclic) bond motifs is 25. The van der Waals surface area contributed by atoms with Crippen molar-refractivity contribution in [3.05, 3.63) is 352 Å². The lowest BCUT2D eigenvalue weighted by Crippen LogP contribution is -1.93. The Bertz CT molecular complexity index is 8130. The summed E-state index contributed by atoms with van der Waals surface area (Å²) in [6.45, 7) is 0. The van der Waals surface area contributed by atoms with Crippen LogP contribution in [0.15, 0.2) is 370 Å². The zero-order chi connectivity index (χ0) is 70.4. The maximum absolute atomic E-state index is 6.45. The summed E-state index contributed by atoms with van der Waals surface area (Å²) in [6.07, 6.45) is 0. The Kier molecular flexibility index (Phi) is 12.2. The van der Waals surface area contributed by atoms with E-state index in [1.165, 1.54) is 115 Å². The number of hydrogen-bond acceptors (Lipinski definition) is 4. The highest BCUT2D eigenvalue weighted by molar-refractivity contribution is 6.21. The quantitative estimate of drug-likeness (QED) is 0.166. The highest BCUT2D eigenvalue weighted by Gasteiger charge is 2.23. The number of benzene rings is 17. The topological polar surface area (TPSA) is 72.3 Å². The van der Waals surface area contributed by atoms with Gasteiger partial charge in [0, 0.05) is 109 Å². The van der Waals surface area contributed by atoms with Crippen LogP contribution in [0, 0.1) is 0 Å². The highest BCUT2D eigenvalue weighted by atomic mass is 16.3. The van der Waals surface area contributed by atoms with E-state index in [2.05, 4.69) is 334 Å². The highest BCUT2D eigenvalue weighted by Crippen LogP contribution is 2.46. The average Bonchev–Trinajstić information content (AvgIpc) is 1.59. The molecular formula is C100H58N4O4. The maximum atomic E-state index is 6.45. The van der Waals surface area contributed by atoms with Crippen molar-refractivity contribution in [2.75, 3.05) is 0 Å². The molecule has 0 atom stereocenters. The van der Waals surface area contributed by atoms with E-state index in [0.29, 0.717) is 0 Å². The molecule has 0 saturated carbocycles. The molecular weight excluding hydrogens is 1320 g/mol. The van der Waals surface area contributed by atoms with Gasteiger partial charge in [-0.3, -0.25) is 0 Å². The van der Waals surface area contributed by atoms with E-state index in [1.54, 1.807) is 0 Å². The monoisotopic (exact) mass is 1380 g/mol. The molecule has 502 valence electrons. The fourth-order valence-corrected chi connectivity index (χ4v) is 18.0. The van der Waals surface area contributed by atoms with E-state index in [0.717, 1.165) is 116 Å². The third-order valence-electron chi connectivity index (χ3n) is 22.8. The van der Waals surface area contributed by atoms with Crippen LogP contribution in [-0.2, 0) is 0 Å². The normalized spacial score (nSPS) is 12.3. The van der Waals surface area contributed by atoms with Crippen molar-refractivity contribution in [2.45, 2.75) is 0 Å². The molecule has 0 aliphatic rings. The Morgan fingerprint density at radius 1 is 0.157 bits per heavy atom. The number of aromatic nitrogens is 4. The standard InChI is InChI=1S/C52H30N2O2.C48H28N2O2/c1-2-10-35(11-3-1)53-45-15-7-5-13-38(45)41-26-34-24-31(18-19-33(34)27-48(41)53)32-20-22-47-40(25-32)37-12-4-8-16-46(37)54(47)36-21-23-50-42(28-36)44-30-51-43(29-52(44)56-50)39-14-6-9-17-49(39)55-51;1-2-11-30(12-3-1)49-40-17-7-4-13-33(40)36-25-29(21-23-42(36)49)32-16-10-19-43-48(32)35-15-5-8-18-41(35)50(43)31-22-24-45-37(26-31)39-28-46-38(27-47(39)52-45)34-14-6-9-20-44(34)51-46/h1-30H;1-28H. The number of nitrogens with zero attached hydrogens (tertiary/aromatic N) is 4. The number of hydrogen-bond donors (Lipinski definition) is 0. The van der Waals surface area contributed by atoms with E-state index < -0.39 is 0 Å². The average molecular weight is 1380 g/mol.